The largest absolute Gasteiger partial charge is 0.490 e. The number of aromatic nitrogens is 1. The number of nitrogens with zero attached hydrogens (tertiary/aromatic N) is 1. The van der Waals surface area contributed by atoms with Crippen molar-refractivity contribution in [2.45, 2.75) is 32.2 Å². The molecule has 0 amide bonds. The first-order chi connectivity index (χ1) is 8.71. The number of halogens is 3. The molecule has 1 heterocycles. The van der Waals surface area contributed by atoms with Crippen molar-refractivity contribution >= 4 is 15.9 Å². The molecule has 6 heteroatoms. The van der Waals surface area contributed by atoms with Crippen molar-refractivity contribution in [2.75, 3.05) is 6.61 Å². The Balaban J connectivity index is 2.80. The summed E-state index contributed by atoms with van der Waals surface area (Å²) in [7, 11) is 0. The van der Waals surface area contributed by atoms with Crippen LogP contribution >= 0.6 is 15.9 Å². The molecule has 0 saturated carbocycles. The van der Waals surface area contributed by atoms with E-state index >= 15 is 0 Å². The molecule has 1 aromatic rings. The summed E-state index contributed by atoms with van der Waals surface area (Å²) < 4.78 is 31.5. The minimum atomic E-state index is -2.63. The predicted octanol–water partition coefficient (Wildman–Crippen LogP) is 3.84. The van der Waals surface area contributed by atoms with Gasteiger partial charge in [-0.2, -0.15) is 0 Å². The van der Waals surface area contributed by atoms with Gasteiger partial charge in [0, 0.05) is 0 Å². The number of hydrogen-bond acceptors (Lipinski definition) is 3. The Labute approximate surface area is 120 Å². The second kappa shape index (κ2) is 6.43. The monoisotopic (exact) mass is 334 g/mol. The van der Waals surface area contributed by atoms with Crippen LogP contribution in [0.3, 0.4) is 0 Å². The SMILES string of the molecule is C=C(C)C[C@](C)(N)COc1cnc(Br)cc1C(F)F. The van der Waals surface area contributed by atoms with Crippen LogP contribution in [0.2, 0.25) is 0 Å². The Morgan fingerprint density at radius 1 is 1.63 bits per heavy atom. The van der Waals surface area contributed by atoms with Gasteiger partial charge in [0.25, 0.3) is 6.43 Å². The lowest BCUT2D eigenvalue weighted by molar-refractivity contribution is 0.141. The molecule has 0 aliphatic heterocycles. The summed E-state index contributed by atoms with van der Waals surface area (Å²) in [5.41, 5.74) is 6.08. The van der Waals surface area contributed by atoms with Crippen LogP contribution in [0.25, 0.3) is 0 Å². The topological polar surface area (TPSA) is 48.1 Å². The Morgan fingerprint density at radius 2 is 2.26 bits per heavy atom. The highest BCUT2D eigenvalue weighted by Gasteiger charge is 2.22. The van der Waals surface area contributed by atoms with Crippen LogP contribution in [0, 0.1) is 0 Å². The van der Waals surface area contributed by atoms with E-state index in [-0.39, 0.29) is 17.9 Å². The molecule has 106 valence electrons. The third-order valence-corrected chi connectivity index (χ3v) is 2.80. The van der Waals surface area contributed by atoms with E-state index in [9.17, 15) is 8.78 Å². The minimum Gasteiger partial charge on any atom is -0.490 e. The Bertz CT molecular complexity index is 464. The molecule has 3 nitrogen and oxygen atoms in total. The van der Waals surface area contributed by atoms with E-state index in [1.807, 2.05) is 6.92 Å². The summed E-state index contributed by atoms with van der Waals surface area (Å²) in [6.45, 7) is 7.54. The molecule has 0 saturated heterocycles. The second-order valence-corrected chi connectivity index (χ2v) is 5.73. The van der Waals surface area contributed by atoms with Gasteiger partial charge in [-0.05, 0) is 42.3 Å². The molecule has 1 aromatic heterocycles. The molecule has 0 aromatic carbocycles. The van der Waals surface area contributed by atoms with Gasteiger partial charge in [0.05, 0.1) is 17.3 Å². The lowest BCUT2D eigenvalue weighted by Gasteiger charge is -2.25. The average Bonchev–Trinajstić information content (AvgIpc) is 2.25. The molecule has 0 fully saturated rings. The minimum absolute atomic E-state index is 0.0524. The van der Waals surface area contributed by atoms with Gasteiger partial charge in [0.1, 0.15) is 17.0 Å². The van der Waals surface area contributed by atoms with Crippen LogP contribution in [-0.2, 0) is 0 Å². The zero-order chi connectivity index (χ0) is 14.6. The molecule has 0 aliphatic carbocycles. The maximum absolute atomic E-state index is 12.9. The van der Waals surface area contributed by atoms with Gasteiger partial charge in [-0.25, -0.2) is 13.8 Å². The first-order valence-corrected chi connectivity index (χ1v) is 6.50. The average molecular weight is 335 g/mol. The van der Waals surface area contributed by atoms with E-state index in [0.29, 0.717) is 11.0 Å². The second-order valence-electron chi connectivity index (χ2n) is 4.92. The van der Waals surface area contributed by atoms with Gasteiger partial charge >= 0.3 is 0 Å². The maximum Gasteiger partial charge on any atom is 0.267 e. The summed E-state index contributed by atoms with van der Waals surface area (Å²) >= 11 is 3.05. The summed E-state index contributed by atoms with van der Waals surface area (Å²) in [5.74, 6) is 0.0524. The van der Waals surface area contributed by atoms with Crippen molar-refractivity contribution in [1.29, 1.82) is 0 Å². The first kappa shape index (κ1) is 16.0. The fraction of sp³-hybridized carbons (Fsp3) is 0.462. The number of pyridine rings is 1. The van der Waals surface area contributed by atoms with Crippen molar-refractivity contribution in [2.24, 2.45) is 5.73 Å². The lowest BCUT2D eigenvalue weighted by Crippen LogP contribution is -2.42. The van der Waals surface area contributed by atoms with Crippen LogP contribution in [0.15, 0.2) is 29.0 Å². The molecule has 1 atom stereocenters. The van der Waals surface area contributed by atoms with Crippen molar-refractivity contribution in [1.82, 2.24) is 4.98 Å². The third kappa shape index (κ3) is 5.24. The summed E-state index contributed by atoms with van der Waals surface area (Å²) in [6.07, 6.45) is -0.803. The van der Waals surface area contributed by atoms with Gasteiger partial charge in [0.15, 0.2) is 0 Å². The standard InChI is InChI=1S/C13H17BrF2N2O/c1-8(2)5-13(3,17)7-19-10-6-18-11(14)4-9(10)12(15)16/h4,6,12H,1,5,7,17H2,2-3H3/t13-/m0/s1. The van der Waals surface area contributed by atoms with E-state index in [2.05, 4.69) is 27.5 Å². The van der Waals surface area contributed by atoms with Gasteiger partial charge in [0.2, 0.25) is 0 Å². The van der Waals surface area contributed by atoms with E-state index in [0.717, 1.165) is 5.57 Å². The van der Waals surface area contributed by atoms with Crippen LogP contribution in [0.1, 0.15) is 32.3 Å². The Hall–Kier alpha value is -1.01. The summed E-state index contributed by atoms with van der Waals surface area (Å²) in [6, 6.07) is 1.24. The zero-order valence-electron chi connectivity index (χ0n) is 10.9. The number of hydrogen-bond donors (Lipinski definition) is 1. The van der Waals surface area contributed by atoms with Crippen molar-refractivity contribution in [3.63, 3.8) is 0 Å². The summed E-state index contributed by atoms with van der Waals surface area (Å²) in [4.78, 5) is 3.88. The van der Waals surface area contributed by atoms with Crippen molar-refractivity contribution in [3.05, 3.63) is 34.6 Å². The molecular formula is C13H17BrF2N2O. The van der Waals surface area contributed by atoms with E-state index in [1.165, 1.54) is 12.3 Å². The first-order valence-electron chi connectivity index (χ1n) is 5.71. The molecular weight excluding hydrogens is 318 g/mol. The highest BCUT2D eigenvalue weighted by molar-refractivity contribution is 9.10. The molecule has 0 unspecified atom stereocenters. The highest BCUT2D eigenvalue weighted by Crippen LogP contribution is 2.30. The van der Waals surface area contributed by atoms with Crippen LogP contribution in [0.4, 0.5) is 8.78 Å². The van der Waals surface area contributed by atoms with E-state index < -0.39 is 12.0 Å². The molecule has 2 N–H and O–H groups in total. The fourth-order valence-corrected chi connectivity index (χ4v) is 2.05. The van der Waals surface area contributed by atoms with E-state index in [4.69, 9.17) is 10.5 Å². The lowest BCUT2D eigenvalue weighted by atomic mass is 9.96. The third-order valence-electron chi connectivity index (χ3n) is 2.36. The van der Waals surface area contributed by atoms with Crippen molar-refractivity contribution in [3.8, 4) is 5.75 Å². The molecule has 19 heavy (non-hydrogen) atoms. The molecule has 1 rings (SSSR count). The van der Waals surface area contributed by atoms with Gasteiger partial charge < -0.3 is 10.5 Å². The molecule has 0 aliphatic rings. The fourth-order valence-electron chi connectivity index (χ4n) is 1.71. The van der Waals surface area contributed by atoms with Gasteiger partial charge in [-0.3, -0.25) is 0 Å². The number of alkyl halides is 2. The Kier molecular flexibility index (Phi) is 5.43. The molecule has 0 spiro atoms. The molecule has 0 radical (unpaired) electrons. The molecule has 0 bridgehead atoms. The number of rotatable bonds is 6. The van der Waals surface area contributed by atoms with Gasteiger partial charge in [-0.15, -0.1) is 6.58 Å². The number of nitrogens with two attached hydrogens (primary N) is 1. The summed E-state index contributed by atoms with van der Waals surface area (Å²) in [5, 5.41) is 0. The normalized spacial score (nSPS) is 14.3. The zero-order valence-corrected chi connectivity index (χ0v) is 12.5. The van der Waals surface area contributed by atoms with Crippen LogP contribution in [-0.4, -0.2) is 17.1 Å². The quantitative estimate of drug-likeness (QED) is 0.635. The highest BCUT2D eigenvalue weighted by atomic mass is 79.9. The maximum atomic E-state index is 12.9. The van der Waals surface area contributed by atoms with Crippen LogP contribution in [0.5, 0.6) is 5.75 Å². The van der Waals surface area contributed by atoms with E-state index in [1.54, 1.807) is 6.92 Å². The smallest absolute Gasteiger partial charge is 0.267 e. The Morgan fingerprint density at radius 3 is 2.79 bits per heavy atom. The van der Waals surface area contributed by atoms with Crippen LogP contribution < -0.4 is 10.5 Å². The number of ether oxygens (including phenoxy) is 1. The predicted molar refractivity (Wildman–Crippen MR) is 74.4 cm³/mol. The van der Waals surface area contributed by atoms with Crippen molar-refractivity contribution < 1.29 is 13.5 Å². The van der Waals surface area contributed by atoms with Gasteiger partial charge in [-0.1, -0.05) is 5.57 Å².